The second kappa shape index (κ2) is 5.06. The Morgan fingerprint density at radius 2 is 2.21 bits per heavy atom. The van der Waals surface area contributed by atoms with E-state index in [0.717, 1.165) is 19.4 Å². The Kier molecular flexibility index (Phi) is 4.31. The average molecular weight is 221 g/mol. The third kappa shape index (κ3) is 3.91. The highest BCUT2D eigenvalue weighted by Crippen LogP contribution is 2.10. The molecule has 1 aliphatic rings. The standard InChI is InChI=1S/C8H19N3O2S/c1-11(14(9,12)13)7-5-8-4-2-3-6-10-8/h8,10H,2-7H2,1H3,(H2,9,12,13). The van der Waals surface area contributed by atoms with Gasteiger partial charge in [-0.25, -0.2) is 5.14 Å². The summed E-state index contributed by atoms with van der Waals surface area (Å²) in [5, 5.41) is 8.34. The summed E-state index contributed by atoms with van der Waals surface area (Å²) in [5.41, 5.74) is 0. The van der Waals surface area contributed by atoms with Crippen LogP contribution in [0.1, 0.15) is 25.7 Å². The van der Waals surface area contributed by atoms with Crippen molar-refractivity contribution in [1.82, 2.24) is 9.62 Å². The van der Waals surface area contributed by atoms with E-state index in [4.69, 9.17) is 5.14 Å². The lowest BCUT2D eigenvalue weighted by Crippen LogP contribution is -2.39. The Labute approximate surface area is 85.8 Å². The molecule has 1 fully saturated rings. The van der Waals surface area contributed by atoms with Crippen molar-refractivity contribution in [3.63, 3.8) is 0 Å². The molecule has 3 N–H and O–H groups in total. The van der Waals surface area contributed by atoms with Crippen LogP contribution in [-0.4, -0.2) is 38.9 Å². The molecule has 0 spiro atoms. The molecule has 1 aliphatic heterocycles. The molecule has 6 heteroatoms. The second-order valence-electron chi connectivity index (χ2n) is 3.80. The maximum Gasteiger partial charge on any atom is 0.276 e. The monoisotopic (exact) mass is 221 g/mol. The van der Waals surface area contributed by atoms with Gasteiger partial charge in [-0.1, -0.05) is 6.42 Å². The van der Waals surface area contributed by atoms with Crippen molar-refractivity contribution in [3.8, 4) is 0 Å². The first-order chi connectivity index (χ1) is 6.50. The van der Waals surface area contributed by atoms with Crippen LogP contribution in [-0.2, 0) is 10.2 Å². The van der Waals surface area contributed by atoms with E-state index < -0.39 is 10.2 Å². The lowest BCUT2D eigenvalue weighted by Gasteiger charge is -2.24. The first-order valence-electron chi connectivity index (χ1n) is 4.97. The fourth-order valence-electron chi connectivity index (χ4n) is 1.64. The van der Waals surface area contributed by atoms with Crippen molar-refractivity contribution >= 4 is 10.2 Å². The minimum Gasteiger partial charge on any atom is -0.314 e. The third-order valence-corrected chi connectivity index (χ3v) is 3.69. The molecule has 0 saturated carbocycles. The Balaban J connectivity index is 2.25. The van der Waals surface area contributed by atoms with Crippen molar-refractivity contribution in [3.05, 3.63) is 0 Å². The molecular weight excluding hydrogens is 202 g/mol. The van der Waals surface area contributed by atoms with E-state index in [1.165, 1.54) is 24.2 Å². The average Bonchev–Trinajstić information content (AvgIpc) is 2.14. The molecule has 1 heterocycles. The van der Waals surface area contributed by atoms with Crippen molar-refractivity contribution in [2.45, 2.75) is 31.7 Å². The van der Waals surface area contributed by atoms with E-state index in [9.17, 15) is 8.42 Å². The SMILES string of the molecule is CN(CCC1CCCCN1)S(N)(=O)=O. The largest absolute Gasteiger partial charge is 0.314 e. The van der Waals surface area contributed by atoms with Crippen LogP contribution in [0.4, 0.5) is 0 Å². The molecule has 1 unspecified atom stereocenters. The Morgan fingerprint density at radius 3 is 2.71 bits per heavy atom. The number of hydrogen-bond acceptors (Lipinski definition) is 3. The van der Waals surface area contributed by atoms with E-state index >= 15 is 0 Å². The quantitative estimate of drug-likeness (QED) is 0.681. The van der Waals surface area contributed by atoms with Gasteiger partial charge in [0.05, 0.1) is 0 Å². The van der Waals surface area contributed by atoms with Gasteiger partial charge in [0.1, 0.15) is 0 Å². The summed E-state index contributed by atoms with van der Waals surface area (Å²) in [6.45, 7) is 1.54. The third-order valence-electron chi connectivity index (χ3n) is 2.64. The summed E-state index contributed by atoms with van der Waals surface area (Å²) >= 11 is 0. The molecule has 0 aromatic heterocycles. The number of nitrogens with zero attached hydrogens (tertiary/aromatic N) is 1. The Morgan fingerprint density at radius 1 is 1.50 bits per heavy atom. The van der Waals surface area contributed by atoms with Crippen LogP contribution in [0, 0.1) is 0 Å². The molecule has 5 nitrogen and oxygen atoms in total. The highest BCUT2D eigenvalue weighted by molar-refractivity contribution is 7.86. The van der Waals surface area contributed by atoms with Gasteiger partial charge >= 0.3 is 0 Å². The van der Waals surface area contributed by atoms with Crippen molar-refractivity contribution in [2.75, 3.05) is 20.1 Å². The maximum absolute atomic E-state index is 10.9. The topological polar surface area (TPSA) is 75.4 Å². The molecule has 1 saturated heterocycles. The summed E-state index contributed by atoms with van der Waals surface area (Å²) in [7, 11) is -1.99. The number of hydrogen-bond donors (Lipinski definition) is 2. The number of piperidine rings is 1. The zero-order chi connectivity index (χ0) is 10.6. The van der Waals surface area contributed by atoms with Crippen LogP contribution in [0.25, 0.3) is 0 Å². The van der Waals surface area contributed by atoms with Gasteiger partial charge in [-0.15, -0.1) is 0 Å². The first kappa shape index (κ1) is 11.9. The van der Waals surface area contributed by atoms with Crippen LogP contribution >= 0.6 is 0 Å². The highest BCUT2D eigenvalue weighted by Gasteiger charge is 2.16. The predicted octanol–water partition coefficient (Wildman–Crippen LogP) is -0.346. The molecule has 0 aromatic rings. The fraction of sp³-hybridized carbons (Fsp3) is 1.00. The zero-order valence-corrected chi connectivity index (χ0v) is 9.39. The molecule has 1 atom stereocenters. The van der Waals surface area contributed by atoms with Gasteiger partial charge in [0.25, 0.3) is 10.2 Å². The van der Waals surface area contributed by atoms with Crippen LogP contribution < -0.4 is 10.5 Å². The van der Waals surface area contributed by atoms with Gasteiger partial charge in [0.2, 0.25) is 0 Å². The lowest BCUT2D eigenvalue weighted by atomic mass is 10.0. The fourth-order valence-corrected chi connectivity index (χ4v) is 2.00. The van der Waals surface area contributed by atoms with Crippen LogP contribution in [0.3, 0.4) is 0 Å². The first-order valence-corrected chi connectivity index (χ1v) is 6.48. The normalized spacial score (nSPS) is 24.1. The lowest BCUT2D eigenvalue weighted by molar-refractivity contribution is 0.352. The molecule has 1 rings (SSSR count). The van der Waals surface area contributed by atoms with Gasteiger partial charge in [-0.2, -0.15) is 12.7 Å². The summed E-state index contributed by atoms with van der Waals surface area (Å²) in [6, 6.07) is 0.452. The van der Waals surface area contributed by atoms with Crippen LogP contribution in [0.15, 0.2) is 0 Å². The molecule has 0 aromatic carbocycles. The number of rotatable bonds is 4. The van der Waals surface area contributed by atoms with E-state index in [2.05, 4.69) is 5.32 Å². The molecule has 0 amide bonds. The van der Waals surface area contributed by atoms with E-state index in [0.29, 0.717) is 12.6 Å². The van der Waals surface area contributed by atoms with E-state index in [1.54, 1.807) is 0 Å². The second-order valence-corrected chi connectivity index (χ2v) is 5.46. The minimum atomic E-state index is -3.50. The minimum absolute atomic E-state index is 0.452. The summed E-state index contributed by atoms with van der Waals surface area (Å²) < 4.78 is 23.0. The summed E-state index contributed by atoms with van der Waals surface area (Å²) in [4.78, 5) is 0. The Hall–Kier alpha value is -0.170. The van der Waals surface area contributed by atoms with Crippen molar-refractivity contribution in [1.29, 1.82) is 0 Å². The maximum atomic E-state index is 10.9. The summed E-state index contributed by atoms with van der Waals surface area (Å²) in [5.74, 6) is 0. The van der Waals surface area contributed by atoms with Crippen LogP contribution in [0.2, 0.25) is 0 Å². The molecule has 0 radical (unpaired) electrons. The van der Waals surface area contributed by atoms with Gasteiger partial charge in [0, 0.05) is 19.6 Å². The molecule has 0 aliphatic carbocycles. The summed E-state index contributed by atoms with van der Waals surface area (Å²) in [6.07, 6.45) is 4.43. The highest BCUT2D eigenvalue weighted by atomic mass is 32.2. The molecular formula is C8H19N3O2S. The Bertz CT molecular complexity index is 260. The van der Waals surface area contributed by atoms with E-state index in [-0.39, 0.29) is 0 Å². The number of nitrogens with two attached hydrogens (primary N) is 1. The smallest absolute Gasteiger partial charge is 0.276 e. The molecule has 84 valence electrons. The van der Waals surface area contributed by atoms with Gasteiger partial charge in [-0.05, 0) is 25.8 Å². The van der Waals surface area contributed by atoms with Gasteiger partial charge in [0.15, 0.2) is 0 Å². The molecule has 14 heavy (non-hydrogen) atoms. The van der Waals surface area contributed by atoms with Crippen molar-refractivity contribution in [2.24, 2.45) is 5.14 Å². The van der Waals surface area contributed by atoms with Gasteiger partial charge in [-0.3, -0.25) is 0 Å². The molecule has 0 bridgehead atoms. The predicted molar refractivity (Wildman–Crippen MR) is 56.0 cm³/mol. The van der Waals surface area contributed by atoms with Gasteiger partial charge < -0.3 is 5.32 Å². The zero-order valence-electron chi connectivity index (χ0n) is 8.57. The van der Waals surface area contributed by atoms with E-state index in [1.807, 2.05) is 0 Å². The van der Waals surface area contributed by atoms with Crippen LogP contribution in [0.5, 0.6) is 0 Å². The van der Waals surface area contributed by atoms with Crippen molar-refractivity contribution < 1.29 is 8.42 Å². The number of nitrogens with one attached hydrogen (secondary N) is 1.